The van der Waals surface area contributed by atoms with Crippen molar-refractivity contribution in [3.05, 3.63) is 143 Å². The number of benzene rings is 8. The molecule has 19 heteroatoms. The van der Waals surface area contributed by atoms with Crippen LogP contribution in [0.4, 0.5) is 11.4 Å². The number of anilines is 2. The van der Waals surface area contributed by atoms with Crippen molar-refractivity contribution in [3.63, 3.8) is 0 Å². The number of fused-ring (bicyclic) bond motifs is 7. The van der Waals surface area contributed by atoms with Crippen molar-refractivity contribution >= 4 is 257 Å². The number of rotatable bonds is 8. The van der Waals surface area contributed by atoms with Crippen LogP contribution in [0.15, 0.2) is 120 Å². The fraction of sp³-hybridized carbons (Fsp3) is 0.0364. The minimum atomic E-state index is -1.40. The molecule has 0 saturated heterocycles. The summed E-state index contributed by atoms with van der Waals surface area (Å²) in [6, 6.07) is 31.5. The van der Waals surface area contributed by atoms with Crippen LogP contribution in [-0.2, 0) is 5.41 Å². The minimum absolute atomic E-state index is 0.00586. The van der Waals surface area contributed by atoms with Gasteiger partial charge in [0.1, 0.15) is 39.2 Å². The Morgan fingerprint density at radius 1 is 0.405 bits per heavy atom. The Bertz CT molecular complexity index is 3670. The van der Waals surface area contributed by atoms with Gasteiger partial charge in [-0.3, -0.25) is 0 Å². The molecule has 0 aromatic heterocycles. The molecule has 2 aliphatic carbocycles. The first-order chi connectivity index (χ1) is 35.2. The molecule has 2 aliphatic rings. The number of nitrogens with zero attached hydrogens (tertiary/aromatic N) is 1. The van der Waals surface area contributed by atoms with Crippen molar-refractivity contribution in [2.45, 2.75) is 12.3 Å². The molecular formula is C55H22B18N. The number of allylic oxidation sites excluding steroid dienone is 3. The fourth-order valence-corrected chi connectivity index (χ4v) is 11.2. The molecule has 0 bridgehead atoms. The number of hydrogen-bond donors (Lipinski definition) is 0. The van der Waals surface area contributed by atoms with E-state index in [1.807, 2.05) is 84.6 Å². The van der Waals surface area contributed by atoms with Gasteiger partial charge < -0.3 is 0 Å². The van der Waals surface area contributed by atoms with Crippen LogP contribution in [0.25, 0.3) is 50.1 Å². The van der Waals surface area contributed by atoms with Gasteiger partial charge in [-0.2, -0.15) is 0 Å². The van der Waals surface area contributed by atoms with Crippen LogP contribution in [0.1, 0.15) is 29.2 Å². The van der Waals surface area contributed by atoms with Crippen LogP contribution in [0.2, 0.25) is 0 Å². The third-order valence-electron chi connectivity index (χ3n) is 14.6. The van der Waals surface area contributed by atoms with Gasteiger partial charge >= 0.3 is 416 Å². The van der Waals surface area contributed by atoms with E-state index < -0.39 is 5.41 Å². The van der Waals surface area contributed by atoms with E-state index in [0.717, 1.165) is 27.8 Å². The Balaban J connectivity index is 1.34. The summed E-state index contributed by atoms with van der Waals surface area (Å²) in [5.41, 5.74) is 10.6. The molecule has 1 atom stereocenters. The van der Waals surface area contributed by atoms with Gasteiger partial charge in [0.25, 0.3) is 0 Å². The first-order valence-electron chi connectivity index (χ1n) is 23.1. The predicted molar refractivity (Wildman–Crippen MR) is 334 cm³/mol. The quantitative estimate of drug-likeness (QED) is 0.138. The second kappa shape index (κ2) is 19.0. The second-order valence-corrected chi connectivity index (χ2v) is 18.7. The van der Waals surface area contributed by atoms with Crippen molar-refractivity contribution in [2.75, 3.05) is 4.90 Å². The van der Waals surface area contributed by atoms with Gasteiger partial charge in [0.05, 0.1) is 0 Å². The molecule has 301 valence electrons. The monoisotopic (exact) mass is 894 g/mol. The normalized spacial score (nSPS) is 14.5. The summed E-state index contributed by atoms with van der Waals surface area (Å²) in [5.74, 6) is 1.40. The van der Waals surface area contributed by atoms with Gasteiger partial charge in [0, 0.05) is 0 Å². The van der Waals surface area contributed by atoms with E-state index in [-0.39, 0.29) is 93.1 Å². The van der Waals surface area contributed by atoms with Gasteiger partial charge in [0.15, 0.2) is 0 Å². The maximum atomic E-state index is 7.62. The van der Waals surface area contributed by atoms with Crippen molar-refractivity contribution in [1.82, 2.24) is 0 Å². The van der Waals surface area contributed by atoms with Crippen molar-refractivity contribution in [1.29, 1.82) is 0 Å². The van der Waals surface area contributed by atoms with Gasteiger partial charge in [0.2, 0.25) is 0 Å². The standard InChI is InChI=1S/C55H22B18N/c1-21-37(36(14-15-56)74(53-32(60)16-24(17-33(53)61)22-6-10-26(57)11-7-22)54-34(62)18-25(19-35(54)63)23-8-12-27(58)13-9-23)28-4-2-3-5-29(28)55(21)30-20-31(59)43(64)45(66)38(30)39-42(55)44(65)40(47(68)46(39)67)41-48(69)50(71)52(73)51(72)49(41)70/h2-20H,1H3/b36-14+. The summed E-state index contributed by atoms with van der Waals surface area (Å²) in [7, 11) is 123. The van der Waals surface area contributed by atoms with Crippen LogP contribution in [-0.4, -0.2) is 147 Å². The van der Waals surface area contributed by atoms with E-state index in [0.29, 0.717) is 67.0 Å². The molecule has 1 nitrogen and oxygen atoms in total. The van der Waals surface area contributed by atoms with Crippen LogP contribution in [0.5, 0.6) is 0 Å². The third-order valence-corrected chi connectivity index (χ3v) is 14.6. The molecule has 1 unspecified atom stereocenters. The van der Waals surface area contributed by atoms with Crippen LogP contribution in [0.3, 0.4) is 0 Å². The summed E-state index contributed by atoms with van der Waals surface area (Å²) >= 11 is 0. The molecule has 0 saturated carbocycles. The van der Waals surface area contributed by atoms with Gasteiger partial charge in [-0.1, -0.05) is 0 Å². The molecule has 1 spiro atoms. The Kier molecular flexibility index (Phi) is 13.3. The summed E-state index contributed by atoms with van der Waals surface area (Å²) < 4.78 is 0. The van der Waals surface area contributed by atoms with E-state index in [4.69, 9.17) is 141 Å². The molecular weight excluding hydrogens is 869 g/mol. The van der Waals surface area contributed by atoms with E-state index >= 15 is 0 Å². The first kappa shape index (κ1) is 51.6. The van der Waals surface area contributed by atoms with E-state index in [2.05, 4.69) is 0 Å². The Morgan fingerprint density at radius 3 is 1.31 bits per heavy atom. The molecule has 8 aromatic carbocycles. The van der Waals surface area contributed by atoms with Gasteiger partial charge in [-0.05, 0) is 0 Å². The van der Waals surface area contributed by atoms with E-state index in [1.165, 1.54) is 5.97 Å². The Morgan fingerprint density at radius 2 is 0.824 bits per heavy atom. The zero-order chi connectivity index (χ0) is 53.1. The fourth-order valence-electron chi connectivity index (χ4n) is 11.2. The van der Waals surface area contributed by atoms with Crippen molar-refractivity contribution in [3.8, 4) is 44.5 Å². The summed E-state index contributed by atoms with van der Waals surface area (Å²) in [5, 5.41) is 0. The number of hydrogen-bond acceptors (Lipinski definition) is 1. The van der Waals surface area contributed by atoms with Crippen LogP contribution in [0, 0.1) is 0 Å². The zero-order valence-corrected chi connectivity index (χ0v) is 40.3. The predicted octanol–water partition coefficient (Wildman–Crippen LogP) is -7.02. The maximum absolute atomic E-state index is 7.62. The summed E-state index contributed by atoms with van der Waals surface area (Å²) in [4.78, 5) is 1.82. The Hall–Kier alpha value is -5.92. The van der Waals surface area contributed by atoms with Gasteiger partial charge in [-0.25, -0.2) is 0 Å². The molecule has 0 fully saturated rings. The molecule has 8 aromatic rings. The molecule has 0 heterocycles. The zero-order valence-electron chi connectivity index (χ0n) is 40.3. The van der Waals surface area contributed by atoms with Crippen molar-refractivity contribution in [2.24, 2.45) is 0 Å². The SMILES string of the molecule is [B]c1ccc(-c2cc([B])c(N(/C(=C/C=[B])C3=C(C)C4(c5ccccc53)c3cc([B])c([B])c([B])c3-c3c([B])c([B])c(-c5c([B])c([B])c([B])c([B])c5[B])c([B])c34)c3c([B])cc(-c4ccc([B])cc4)cc3[B])c([B])c2)cc1. The molecule has 74 heavy (non-hydrogen) atoms. The van der Waals surface area contributed by atoms with Crippen LogP contribution < -0.4 is 97.8 Å². The molecule has 0 aliphatic heterocycles. The van der Waals surface area contributed by atoms with E-state index in [1.54, 1.807) is 36.4 Å². The van der Waals surface area contributed by atoms with Crippen molar-refractivity contribution < 1.29 is 0 Å². The summed E-state index contributed by atoms with van der Waals surface area (Å²) in [6.07, 6.45) is 1.73. The molecule has 0 N–H and O–H groups in total. The second-order valence-electron chi connectivity index (χ2n) is 18.7. The molecule has 0 amide bonds. The average Bonchev–Trinajstić information content (AvgIpc) is 3.82. The molecule has 35 radical (unpaired) electrons. The van der Waals surface area contributed by atoms with Crippen LogP contribution >= 0.6 is 0 Å². The average molecular weight is 891 g/mol. The van der Waals surface area contributed by atoms with E-state index in [9.17, 15) is 0 Å². The first-order valence-corrected chi connectivity index (χ1v) is 23.1. The third kappa shape index (κ3) is 7.59. The Labute approximate surface area is 458 Å². The topological polar surface area (TPSA) is 3.24 Å². The molecule has 10 rings (SSSR count). The van der Waals surface area contributed by atoms with Gasteiger partial charge in [-0.15, -0.1) is 5.46 Å². The summed E-state index contributed by atoms with van der Waals surface area (Å²) in [6.45, 7) is 1.96.